The maximum atomic E-state index is 13.6. The van der Waals surface area contributed by atoms with Crippen LogP contribution in [0.15, 0.2) is 35.1 Å². The van der Waals surface area contributed by atoms with Gasteiger partial charge in [0, 0.05) is 36.2 Å². The molecule has 9 nitrogen and oxygen atoms in total. The molecule has 0 spiro atoms. The third-order valence-electron chi connectivity index (χ3n) is 6.65. The lowest BCUT2D eigenvalue weighted by atomic mass is 9.93. The second-order valence-electron chi connectivity index (χ2n) is 9.00. The highest BCUT2D eigenvalue weighted by Gasteiger charge is 2.35. The van der Waals surface area contributed by atoms with Gasteiger partial charge in [0.15, 0.2) is 0 Å². The van der Waals surface area contributed by atoms with Gasteiger partial charge in [0.2, 0.25) is 11.8 Å². The Morgan fingerprint density at radius 1 is 1.21 bits per heavy atom. The Kier molecular flexibility index (Phi) is 7.80. The zero-order valence-electron chi connectivity index (χ0n) is 19.3. The number of piperazine rings is 1. The van der Waals surface area contributed by atoms with Crippen molar-refractivity contribution < 1.29 is 14.7 Å². The third-order valence-corrected chi connectivity index (χ3v) is 7.18. The lowest BCUT2D eigenvalue weighted by Gasteiger charge is -2.38. The van der Waals surface area contributed by atoms with Crippen LogP contribution in [0.1, 0.15) is 54.5 Å². The third kappa shape index (κ3) is 5.39. The van der Waals surface area contributed by atoms with Crippen molar-refractivity contribution in [3.8, 4) is 0 Å². The number of hydrogen-bond acceptors (Lipinski definition) is 7. The van der Waals surface area contributed by atoms with Gasteiger partial charge in [-0.3, -0.25) is 9.59 Å². The number of anilines is 1. The number of primary amides is 1. The molecular weight excluding hydrogens is 500 g/mol. The molecule has 10 heteroatoms. The highest BCUT2D eigenvalue weighted by atomic mass is 79.9. The predicted octanol–water partition coefficient (Wildman–Crippen LogP) is 1.68. The van der Waals surface area contributed by atoms with Gasteiger partial charge in [0.1, 0.15) is 12.1 Å². The summed E-state index contributed by atoms with van der Waals surface area (Å²) in [7, 11) is 0. The zero-order valence-corrected chi connectivity index (χ0v) is 20.9. The van der Waals surface area contributed by atoms with Gasteiger partial charge in [-0.15, -0.1) is 0 Å². The Labute approximate surface area is 207 Å². The number of rotatable bonds is 8. The Bertz CT molecular complexity index is 1030. The smallest absolute Gasteiger partial charge is 0.231 e. The molecule has 0 bridgehead atoms. The molecule has 2 heterocycles. The van der Waals surface area contributed by atoms with Crippen molar-refractivity contribution in [2.24, 2.45) is 5.73 Å². The summed E-state index contributed by atoms with van der Waals surface area (Å²) in [5, 5.41) is 13.3. The molecule has 1 aromatic carbocycles. The van der Waals surface area contributed by atoms with Crippen molar-refractivity contribution >= 4 is 33.6 Å². The largest absolute Gasteiger partial charge is 0.387 e. The van der Waals surface area contributed by atoms with Crippen LogP contribution in [0.25, 0.3) is 0 Å². The van der Waals surface area contributed by atoms with E-state index in [1.165, 1.54) is 6.33 Å². The first-order valence-corrected chi connectivity index (χ1v) is 12.5. The molecule has 0 radical (unpaired) electrons. The Hall–Kier alpha value is -2.56. The normalized spacial score (nSPS) is 20.8. The fraction of sp³-hybridized carbons (Fsp3) is 0.500. The van der Waals surface area contributed by atoms with Crippen molar-refractivity contribution in [3.05, 3.63) is 51.9 Å². The SMILES string of the molecule is C[C@@H]1C[C@@H](O)c2ncnc(N3CCN(C(=O)C(CCNCC(N)=O)c4ccc(Br)cc4)CC3)c21. The van der Waals surface area contributed by atoms with E-state index in [-0.39, 0.29) is 24.3 Å². The van der Waals surface area contributed by atoms with Crippen LogP contribution in [-0.4, -0.2) is 71.1 Å². The second-order valence-corrected chi connectivity index (χ2v) is 9.91. The summed E-state index contributed by atoms with van der Waals surface area (Å²) < 4.78 is 0.958. The number of aliphatic hydroxyl groups is 1. The lowest BCUT2D eigenvalue weighted by Crippen LogP contribution is -2.50. The van der Waals surface area contributed by atoms with Crippen LogP contribution in [0, 0.1) is 0 Å². The van der Waals surface area contributed by atoms with E-state index in [0.717, 1.165) is 27.1 Å². The van der Waals surface area contributed by atoms with Gasteiger partial charge in [-0.05, 0) is 43.0 Å². The first-order chi connectivity index (χ1) is 16.3. The standard InChI is InChI=1S/C24H31BrN6O3/c1-15-12-19(32)22-21(15)23(29-14-28-22)30-8-10-31(11-9-30)24(34)18(6-7-27-13-20(26)33)16-2-4-17(25)5-3-16/h2-5,14-15,18-19,27,32H,6-13H2,1H3,(H2,26,33)/t15-,18?,19-/m1/s1. The van der Waals surface area contributed by atoms with E-state index in [4.69, 9.17) is 5.73 Å². The summed E-state index contributed by atoms with van der Waals surface area (Å²) in [4.78, 5) is 37.5. The molecule has 1 saturated heterocycles. The number of aromatic nitrogens is 2. The number of hydrogen-bond donors (Lipinski definition) is 3. The van der Waals surface area contributed by atoms with Crippen LogP contribution < -0.4 is 16.0 Å². The number of nitrogens with one attached hydrogen (secondary N) is 1. The van der Waals surface area contributed by atoms with Crippen LogP contribution >= 0.6 is 15.9 Å². The van der Waals surface area contributed by atoms with Crippen molar-refractivity contribution in [2.45, 2.75) is 37.7 Å². The van der Waals surface area contributed by atoms with E-state index in [2.05, 4.69) is 43.0 Å². The van der Waals surface area contributed by atoms with E-state index in [0.29, 0.717) is 45.6 Å². The molecule has 1 aromatic heterocycles. The molecule has 2 amide bonds. The lowest BCUT2D eigenvalue weighted by molar-refractivity contribution is -0.133. The minimum Gasteiger partial charge on any atom is -0.387 e. The number of amides is 2. The fourth-order valence-corrected chi connectivity index (χ4v) is 5.16. The van der Waals surface area contributed by atoms with Gasteiger partial charge in [0.05, 0.1) is 24.3 Å². The summed E-state index contributed by atoms with van der Waals surface area (Å²) in [5.41, 5.74) is 7.93. The number of aliphatic hydroxyl groups excluding tert-OH is 1. The fourth-order valence-electron chi connectivity index (χ4n) is 4.90. The minimum atomic E-state index is -0.538. The van der Waals surface area contributed by atoms with Crippen molar-refractivity contribution in [1.29, 1.82) is 0 Å². The molecule has 34 heavy (non-hydrogen) atoms. The van der Waals surface area contributed by atoms with Crippen LogP contribution in [0.5, 0.6) is 0 Å². The quantitative estimate of drug-likeness (QED) is 0.443. The molecule has 0 saturated carbocycles. The summed E-state index contributed by atoms with van der Waals surface area (Å²) in [6, 6.07) is 7.81. The van der Waals surface area contributed by atoms with Gasteiger partial charge in [-0.25, -0.2) is 9.97 Å². The summed E-state index contributed by atoms with van der Waals surface area (Å²) in [5.74, 6) is 0.440. The van der Waals surface area contributed by atoms with E-state index >= 15 is 0 Å². The van der Waals surface area contributed by atoms with Crippen molar-refractivity contribution in [3.63, 3.8) is 0 Å². The number of halogens is 1. The van der Waals surface area contributed by atoms with Crippen LogP contribution in [0.3, 0.4) is 0 Å². The molecule has 4 rings (SSSR count). The average molecular weight is 531 g/mol. The van der Waals surface area contributed by atoms with Gasteiger partial charge < -0.3 is 26.0 Å². The molecular formula is C24H31BrN6O3. The number of nitrogens with two attached hydrogens (primary N) is 1. The highest BCUT2D eigenvalue weighted by Crippen LogP contribution is 2.42. The molecule has 182 valence electrons. The molecule has 1 aliphatic heterocycles. The van der Waals surface area contributed by atoms with E-state index in [1.54, 1.807) is 0 Å². The Morgan fingerprint density at radius 2 is 1.91 bits per heavy atom. The molecule has 2 aliphatic rings. The highest BCUT2D eigenvalue weighted by molar-refractivity contribution is 9.10. The molecule has 4 N–H and O–H groups in total. The van der Waals surface area contributed by atoms with E-state index < -0.39 is 12.0 Å². The molecule has 1 unspecified atom stereocenters. The average Bonchev–Trinajstić information content (AvgIpc) is 3.13. The van der Waals surface area contributed by atoms with Crippen molar-refractivity contribution in [1.82, 2.24) is 20.2 Å². The van der Waals surface area contributed by atoms with E-state index in [1.807, 2.05) is 29.2 Å². The molecule has 3 atom stereocenters. The molecule has 2 aromatic rings. The number of fused-ring (bicyclic) bond motifs is 1. The van der Waals surface area contributed by atoms with Gasteiger partial charge >= 0.3 is 0 Å². The van der Waals surface area contributed by atoms with Gasteiger partial charge in [0.25, 0.3) is 0 Å². The van der Waals surface area contributed by atoms with Crippen LogP contribution in [-0.2, 0) is 9.59 Å². The van der Waals surface area contributed by atoms with Crippen LogP contribution in [0.4, 0.5) is 5.82 Å². The topological polar surface area (TPSA) is 125 Å². The Morgan fingerprint density at radius 3 is 2.59 bits per heavy atom. The van der Waals surface area contributed by atoms with Crippen LogP contribution in [0.2, 0.25) is 0 Å². The molecule has 1 aliphatic carbocycles. The van der Waals surface area contributed by atoms with Gasteiger partial charge in [-0.1, -0.05) is 35.0 Å². The van der Waals surface area contributed by atoms with Crippen molar-refractivity contribution in [2.75, 3.05) is 44.2 Å². The first kappa shape index (κ1) is 24.6. The monoisotopic (exact) mass is 530 g/mol. The maximum absolute atomic E-state index is 13.6. The second kappa shape index (κ2) is 10.8. The number of carbonyl (C=O) groups excluding carboxylic acids is 2. The number of benzene rings is 1. The predicted molar refractivity (Wildman–Crippen MR) is 132 cm³/mol. The number of carbonyl (C=O) groups is 2. The van der Waals surface area contributed by atoms with E-state index in [9.17, 15) is 14.7 Å². The summed E-state index contributed by atoms with van der Waals surface area (Å²) in [6.45, 7) is 5.23. The maximum Gasteiger partial charge on any atom is 0.231 e. The van der Waals surface area contributed by atoms with Gasteiger partial charge in [-0.2, -0.15) is 0 Å². The minimum absolute atomic E-state index is 0.0829. The first-order valence-electron chi connectivity index (χ1n) is 11.7. The Balaban J connectivity index is 1.44. The summed E-state index contributed by atoms with van der Waals surface area (Å²) >= 11 is 3.46. The summed E-state index contributed by atoms with van der Waals surface area (Å²) in [6.07, 6.45) is 2.22. The zero-order chi connectivity index (χ0) is 24.2. The number of nitrogens with zero attached hydrogens (tertiary/aromatic N) is 4. The molecule has 1 fully saturated rings.